The van der Waals surface area contributed by atoms with Crippen LogP contribution in [0.1, 0.15) is 55.9 Å². The van der Waals surface area contributed by atoms with Gasteiger partial charge in [0, 0.05) is 69.6 Å². The predicted molar refractivity (Wildman–Crippen MR) is 179 cm³/mol. The molecule has 5 N–H and O–H groups in total. The topological polar surface area (TPSA) is 246 Å². The number of amides is 3. The molecule has 18 nitrogen and oxygen atoms in total. The van der Waals surface area contributed by atoms with Crippen molar-refractivity contribution in [3.8, 4) is 11.5 Å². The number of aromatic nitrogens is 1. The number of piperazine rings is 1. The Morgan fingerprint density at radius 3 is 2.35 bits per heavy atom. The van der Waals surface area contributed by atoms with Crippen molar-refractivity contribution >= 4 is 46.7 Å². The number of hydrogen-bond donors (Lipinski definition) is 5. The van der Waals surface area contributed by atoms with Gasteiger partial charge in [-0.2, -0.15) is 0 Å². The summed E-state index contributed by atoms with van der Waals surface area (Å²) in [6.07, 6.45) is -0.715. The highest BCUT2D eigenvalue weighted by Crippen LogP contribution is 2.40. The minimum Gasteiger partial charge on any atom is -0.492 e. The van der Waals surface area contributed by atoms with Gasteiger partial charge in [-0.25, -0.2) is 14.6 Å². The molecule has 3 atom stereocenters. The molecule has 5 rings (SSSR count). The first-order valence-electron chi connectivity index (χ1n) is 17.2. The Hall–Kier alpha value is -5.23. The first kappa shape index (κ1) is 38.0. The van der Waals surface area contributed by atoms with Crippen LogP contribution in [0.4, 0.5) is 4.79 Å². The summed E-state index contributed by atoms with van der Waals surface area (Å²) in [5.74, 6) is -4.39. The van der Waals surface area contributed by atoms with Gasteiger partial charge in [-0.15, -0.1) is 0 Å². The van der Waals surface area contributed by atoms with Crippen molar-refractivity contribution in [1.29, 1.82) is 0 Å². The minimum atomic E-state index is -1.51. The average Bonchev–Trinajstić information content (AvgIpc) is 3.47. The second kappa shape index (κ2) is 16.4. The van der Waals surface area contributed by atoms with E-state index in [4.69, 9.17) is 14.2 Å². The molecule has 0 bridgehead atoms. The van der Waals surface area contributed by atoms with Gasteiger partial charge in [-0.05, 0) is 44.7 Å². The number of β-amino-alcohol motifs (C(OH)–C–C–N with tert-alkyl or cyclic N) is 1. The molecule has 0 spiro atoms. The zero-order valence-electron chi connectivity index (χ0n) is 28.7. The number of aliphatic hydroxyl groups is 1. The molecule has 3 amide bonds. The number of ether oxygens (including phenoxy) is 3. The average molecular weight is 730 g/mol. The van der Waals surface area contributed by atoms with Gasteiger partial charge in [0.25, 0.3) is 5.91 Å². The van der Waals surface area contributed by atoms with E-state index in [9.17, 15) is 49.2 Å². The van der Waals surface area contributed by atoms with Crippen LogP contribution < -0.4 is 14.8 Å². The van der Waals surface area contributed by atoms with Gasteiger partial charge in [0.15, 0.2) is 0 Å². The van der Waals surface area contributed by atoms with Gasteiger partial charge in [0.2, 0.25) is 11.5 Å². The van der Waals surface area contributed by atoms with E-state index in [0.717, 1.165) is 0 Å². The highest BCUT2D eigenvalue weighted by molar-refractivity contribution is 6.00. The number of carbonyl (C=O) groups excluding carboxylic acids is 3. The number of fused-ring (bicyclic) bond motifs is 1. The summed E-state index contributed by atoms with van der Waals surface area (Å²) in [7, 11) is 0. The summed E-state index contributed by atoms with van der Waals surface area (Å²) >= 11 is 0. The Morgan fingerprint density at radius 1 is 1.02 bits per heavy atom. The van der Waals surface area contributed by atoms with Gasteiger partial charge >= 0.3 is 24.0 Å². The molecule has 3 fully saturated rings. The Bertz CT molecular complexity index is 1690. The predicted octanol–water partition coefficient (Wildman–Crippen LogP) is 0.783. The molecule has 3 aliphatic rings. The summed E-state index contributed by atoms with van der Waals surface area (Å²) in [5, 5.41) is 41.7. The smallest absolute Gasteiger partial charge is 0.409 e. The number of nitrogens with zero attached hydrogens (tertiary/aromatic N) is 4. The third-order valence-electron chi connectivity index (χ3n) is 9.51. The Labute approximate surface area is 298 Å². The van der Waals surface area contributed by atoms with E-state index >= 15 is 0 Å². The van der Waals surface area contributed by atoms with Crippen molar-refractivity contribution in [2.75, 3.05) is 52.5 Å². The maximum Gasteiger partial charge on any atom is 0.409 e. The number of benzene rings is 1. The number of nitrogens with one attached hydrogen (secondary N) is 1. The number of hydrogen-bond acceptors (Lipinski definition) is 12. The molecule has 52 heavy (non-hydrogen) atoms. The molecule has 2 aliphatic heterocycles. The van der Waals surface area contributed by atoms with Crippen molar-refractivity contribution in [2.24, 2.45) is 0 Å². The molecule has 3 heterocycles. The number of rotatable bonds is 15. The zero-order chi connectivity index (χ0) is 37.6. The molecule has 282 valence electrons. The van der Waals surface area contributed by atoms with Crippen LogP contribution in [-0.4, -0.2) is 152 Å². The van der Waals surface area contributed by atoms with Crippen LogP contribution in [0.15, 0.2) is 24.3 Å². The summed E-state index contributed by atoms with van der Waals surface area (Å²) in [4.78, 5) is 83.7. The van der Waals surface area contributed by atoms with E-state index in [0.29, 0.717) is 17.6 Å². The van der Waals surface area contributed by atoms with Crippen molar-refractivity contribution < 1.29 is 63.4 Å². The van der Waals surface area contributed by atoms with Crippen molar-refractivity contribution in [2.45, 2.75) is 69.2 Å². The van der Waals surface area contributed by atoms with Crippen molar-refractivity contribution in [1.82, 2.24) is 25.0 Å². The molecule has 0 radical (unpaired) electrons. The second-order valence-electron chi connectivity index (χ2n) is 13.0. The molecule has 2 saturated heterocycles. The maximum atomic E-state index is 13.8. The third-order valence-corrected chi connectivity index (χ3v) is 9.51. The monoisotopic (exact) mass is 729 g/mol. The van der Waals surface area contributed by atoms with Crippen LogP contribution in [0, 0.1) is 0 Å². The fourth-order valence-corrected chi connectivity index (χ4v) is 6.50. The number of carboxylic acid groups (broad SMARTS) is 3. The lowest BCUT2D eigenvalue weighted by Crippen LogP contribution is -2.56. The first-order chi connectivity index (χ1) is 24.8. The lowest BCUT2D eigenvalue weighted by Gasteiger charge is -2.38. The normalized spacial score (nSPS) is 20.4. The number of likely N-dealkylation sites (tertiary alicyclic amines) is 1. The van der Waals surface area contributed by atoms with Crippen LogP contribution >= 0.6 is 0 Å². The maximum absolute atomic E-state index is 13.8. The Morgan fingerprint density at radius 2 is 1.73 bits per heavy atom. The Balaban J connectivity index is 1.37. The molecule has 1 aromatic carbocycles. The molecule has 1 aromatic heterocycles. The van der Waals surface area contributed by atoms with Gasteiger partial charge < -0.3 is 49.8 Å². The highest BCUT2D eigenvalue weighted by atomic mass is 16.6. The number of aliphatic hydroxyl groups excluding tert-OH is 1. The fraction of sp³-hybridized carbons (Fsp3) is 0.559. The lowest BCUT2D eigenvalue weighted by molar-refractivity contribution is -0.163. The third kappa shape index (κ3) is 8.79. The summed E-state index contributed by atoms with van der Waals surface area (Å²) in [6, 6.07) is 3.88. The van der Waals surface area contributed by atoms with E-state index in [1.165, 1.54) is 21.9 Å². The zero-order valence-corrected chi connectivity index (χ0v) is 28.7. The molecule has 1 saturated carbocycles. The second-order valence-corrected chi connectivity index (χ2v) is 13.0. The van der Waals surface area contributed by atoms with Crippen LogP contribution in [0.3, 0.4) is 0 Å². The molecule has 18 heteroatoms. The number of pyridine rings is 1. The van der Waals surface area contributed by atoms with E-state index in [1.807, 2.05) is 0 Å². The standard InChI is InChI=1S/C34H43N5O13/c1-2-50-33(49)38-12-10-37(11-13-38)30(44)23(6-7-28(41)42)36-29(43)25-18-27(52-34(32(47)48)8-3-9-34)22-5-4-21(17-24(22)35-25)51-15-14-39-19-20(40)16-26(39)31(45)46/h4-5,17-18,20,23,26,40H,2-3,6-16,19H2,1H3,(H,36,43)(H,41,42)(H,45,46)(H,47,48). The van der Waals surface area contributed by atoms with E-state index in [-0.39, 0.29) is 95.1 Å². The van der Waals surface area contributed by atoms with Crippen LogP contribution in [-0.2, 0) is 23.9 Å². The SMILES string of the molecule is CCOC(=O)N1CCN(C(=O)C(CCC(=O)O)NC(=O)c2cc(OC3(C(=O)O)CCC3)c3ccc(OCCN4CC(O)CC4C(=O)O)cc3n2)CC1. The summed E-state index contributed by atoms with van der Waals surface area (Å²) in [6.45, 7) is 2.99. The minimum absolute atomic E-state index is 0.0580. The van der Waals surface area contributed by atoms with Crippen molar-refractivity contribution in [3.05, 3.63) is 30.0 Å². The number of aliphatic carboxylic acids is 3. The molecule has 1 aliphatic carbocycles. The molecule has 3 unspecified atom stereocenters. The van der Waals surface area contributed by atoms with Gasteiger partial charge in [-0.1, -0.05) is 0 Å². The first-order valence-corrected chi connectivity index (χ1v) is 17.2. The van der Waals surface area contributed by atoms with Crippen LogP contribution in [0.2, 0.25) is 0 Å². The fourth-order valence-electron chi connectivity index (χ4n) is 6.50. The largest absolute Gasteiger partial charge is 0.492 e. The summed E-state index contributed by atoms with van der Waals surface area (Å²) < 4.78 is 17.0. The van der Waals surface area contributed by atoms with Crippen molar-refractivity contribution in [3.63, 3.8) is 0 Å². The van der Waals surface area contributed by atoms with Gasteiger partial charge in [0.05, 0.1) is 18.2 Å². The lowest BCUT2D eigenvalue weighted by atomic mass is 9.80. The van der Waals surface area contributed by atoms with Crippen LogP contribution in [0.5, 0.6) is 11.5 Å². The number of carboxylic acids is 3. The van der Waals surface area contributed by atoms with E-state index in [1.54, 1.807) is 24.0 Å². The van der Waals surface area contributed by atoms with Gasteiger partial charge in [-0.3, -0.25) is 24.1 Å². The summed E-state index contributed by atoms with van der Waals surface area (Å²) in [5.41, 5.74) is -1.54. The Kier molecular flexibility index (Phi) is 12.0. The van der Waals surface area contributed by atoms with Gasteiger partial charge in [0.1, 0.15) is 35.9 Å². The van der Waals surface area contributed by atoms with Crippen LogP contribution in [0.25, 0.3) is 10.9 Å². The molecular formula is C34H43N5O13. The molecule has 2 aromatic rings. The number of carbonyl (C=O) groups is 6. The molecular weight excluding hydrogens is 686 g/mol. The quantitative estimate of drug-likeness (QED) is 0.170. The highest BCUT2D eigenvalue weighted by Gasteiger charge is 2.47. The van der Waals surface area contributed by atoms with E-state index < -0.39 is 66.0 Å². The van der Waals surface area contributed by atoms with E-state index in [2.05, 4.69) is 10.3 Å².